The van der Waals surface area contributed by atoms with Crippen LogP contribution in [0.25, 0.3) is 0 Å². The fraction of sp³-hybridized carbons (Fsp3) is 0.500. The third-order valence-corrected chi connectivity index (χ3v) is 3.10. The molecular weight excluding hydrogens is 212 g/mol. The molecule has 0 heterocycles. The van der Waals surface area contributed by atoms with Gasteiger partial charge in [0.15, 0.2) is 0 Å². The van der Waals surface area contributed by atoms with E-state index in [1.807, 2.05) is 37.3 Å². The first-order valence-corrected chi connectivity index (χ1v) is 5.93. The highest BCUT2D eigenvalue weighted by Gasteiger charge is 2.24. The number of rotatable bonds is 3. The summed E-state index contributed by atoms with van der Waals surface area (Å²) in [5.41, 5.74) is 6.79. The van der Waals surface area contributed by atoms with Gasteiger partial charge >= 0.3 is 0 Å². The Balaban J connectivity index is 2.66. The molecule has 0 aliphatic rings. The quantitative estimate of drug-likeness (QED) is 0.842. The minimum atomic E-state index is -0.596. The zero-order valence-corrected chi connectivity index (χ0v) is 11.0. The van der Waals surface area contributed by atoms with Gasteiger partial charge in [-0.3, -0.25) is 4.79 Å². The molecule has 94 valence electrons. The zero-order valence-electron chi connectivity index (χ0n) is 11.0. The molecule has 3 nitrogen and oxygen atoms in total. The average molecular weight is 234 g/mol. The van der Waals surface area contributed by atoms with Crippen LogP contribution >= 0.6 is 0 Å². The summed E-state index contributed by atoms with van der Waals surface area (Å²) in [4.78, 5) is 12.0. The summed E-state index contributed by atoms with van der Waals surface area (Å²) in [7, 11) is 0. The highest BCUT2D eigenvalue weighted by molar-refractivity contribution is 5.83. The maximum atomic E-state index is 12.0. The fourth-order valence-electron chi connectivity index (χ4n) is 1.33. The molecule has 3 heteroatoms. The van der Waals surface area contributed by atoms with Gasteiger partial charge in [-0.1, -0.05) is 51.1 Å². The van der Waals surface area contributed by atoms with Crippen molar-refractivity contribution in [1.82, 2.24) is 5.32 Å². The molecule has 0 spiro atoms. The number of nitrogens with one attached hydrogen (secondary N) is 1. The van der Waals surface area contributed by atoms with E-state index < -0.39 is 6.04 Å². The second-order valence-corrected chi connectivity index (χ2v) is 5.48. The number of nitrogens with two attached hydrogens (primary N) is 1. The third-order valence-electron chi connectivity index (χ3n) is 3.10. The van der Waals surface area contributed by atoms with Crippen molar-refractivity contribution < 1.29 is 4.79 Å². The van der Waals surface area contributed by atoms with Gasteiger partial charge in [-0.05, 0) is 17.9 Å². The van der Waals surface area contributed by atoms with Gasteiger partial charge < -0.3 is 11.1 Å². The third kappa shape index (κ3) is 3.86. The zero-order chi connectivity index (χ0) is 13.1. The lowest BCUT2D eigenvalue weighted by atomic mass is 9.88. The molecule has 0 aliphatic heterocycles. The van der Waals surface area contributed by atoms with E-state index in [9.17, 15) is 4.79 Å². The van der Waals surface area contributed by atoms with Crippen molar-refractivity contribution in [3.8, 4) is 0 Å². The standard InChI is InChI=1S/C14H22N2O/c1-10(14(2,3)4)16-13(17)12(15)11-8-6-5-7-9-11/h5-10,12H,15H2,1-4H3,(H,16,17). The van der Waals surface area contributed by atoms with Crippen molar-refractivity contribution in [2.75, 3.05) is 0 Å². The van der Waals surface area contributed by atoms with Crippen molar-refractivity contribution in [2.45, 2.75) is 39.8 Å². The Morgan fingerprint density at radius 2 is 1.76 bits per heavy atom. The van der Waals surface area contributed by atoms with Crippen molar-refractivity contribution in [3.63, 3.8) is 0 Å². The van der Waals surface area contributed by atoms with E-state index in [0.717, 1.165) is 5.56 Å². The number of carbonyl (C=O) groups excluding carboxylic acids is 1. The maximum Gasteiger partial charge on any atom is 0.241 e. The van der Waals surface area contributed by atoms with Crippen LogP contribution in [0.5, 0.6) is 0 Å². The van der Waals surface area contributed by atoms with Crippen LogP contribution in [0.3, 0.4) is 0 Å². The molecule has 0 saturated heterocycles. The lowest BCUT2D eigenvalue weighted by Crippen LogP contribution is -2.45. The Labute approximate surface area is 103 Å². The van der Waals surface area contributed by atoms with Gasteiger partial charge in [-0.15, -0.1) is 0 Å². The normalized spacial score (nSPS) is 15.1. The summed E-state index contributed by atoms with van der Waals surface area (Å²) in [6.45, 7) is 8.26. The van der Waals surface area contributed by atoms with E-state index in [4.69, 9.17) is 5.73 Å². The first-order valence-electron chi connectivity index (χ1n) is 5.93. The van der Waals surface area contributed by atoms with E-state index >= 15 is 0 Å². The maximum absolute atomic E-state index is 12.0. The summed E-state index contributed by atoms with van der Waals surface area (Å²) < 4.78 is 0. The van der Waals surface area contributed by atoms with E-state index in [2.05, 4.69) is 26.1 Å². The molecule has 0 aromatic heterocycles. The minimum Gasteiger partial charge on any atom is -0.351 e. The van der Waals surface area contributed by atoms with Gasteiger partial charge in [0.05, 0.1) is 0 Å². The topological polar surface area (TPSA) is 55.1 Å². The molecule has 3 N–H and O–H groups in total. The summed E-state index contributed by atoms with van der Waals surface area (Å²) in [6.07, 6.45) is 0. The van der Waals surface area contributed by atoms with Crippen LogP contribution < -0.4 is 11.1 Å². The number of amides is 1. The first kappa shape index (κ1) is 13.7. The summed E-state index contributed by atoms with van der Waals surface area (Å²) in [6, 6.07) is 8.90. The molecule has 1 rings (SSSR count). The van der Waals surface area contributed by atoms with Crippen molar-refractivity contribution in [3.05, 3.63) is 35.9 Å². The highest BCUT2D eigenvalue weighted by Crippen LogP contribution is 2.19. The Hall–Kier alpha value is -1.35. The predicted molar refractivity (Wildman–Crippen MR) is 70.4 cm³/mol. The van der Waals surface area contributed by atoms with E-state index in [1.54, 1.807) is 0 Å². The number of benzene rings is 1. The monoisotopic (exact) mass is 234 g/mol. The molecular formula is C14H22N2O. The molecule has 1 aromatic carbocycles. The van der Waals surface area contributed by atoms with Gasteiger partial charge in [-0.25, -0.2) is 0 Å². The van der Waals surface area contributed by atoms with Gasteiger partial charge in [0.2, 0.25) is 5.91 Å². The number of carbonyl (C=O) groups is 1. The lowest BCUT2D eigenvalue weighted by Gasteiger charge is -2.29. The SMILES string of the molecule is CC(NC(=O)C(N)c1ccccc1)C(C)(C)C. The van der Waals surface area contributed by atoms with Gasteiger partial charge in [0.1, 0.15) is 6.04 Å². The number of hydrogen-bond donors (Lipinski definition) is 2. The molecule has 0 saturated carbocycles. The van der Waals surface area contributed by atoms with Crippen molar-refractivity contribution in [1.29, 1.82) is 0 Å². The molecule has 0 aliphatic carbocycles. The first-order chi connectivity index (χ1) is 7.82. The van der Waals surface area contributed by atoms with E-state index in [1.165, 1.54) is 0 Å². The molecule has 0 bridgehead atoms. The molecule has 2 atom stereocenters. The van der Waals surface area contributed by atoms with Gasteiger partial charge in [0, 0.05) is 6.04 Å². The van der Waals surface area contributed by atoms with Crippen LogP contribution in [0, 0.1) is 5.41 Å². The number of hydrogen-bond acceptors (Lipinski definition) is 2. The largest absolute Gasteiger partial charge is 0.351 e. The molecule has 1 amide bonds. The fourth-order valence-corrected chi connectivity index (χ4v) is 1.33. The van der Waals surface area contributed by atoms with Crippen molar-refractivity contribution >= 4 is 5.91 Å². The minimum absolute atomic E-state index is 0.0338. The van der Waals surface area contributed by atoms with Crippen LogP contribution in [-0.4, -0.2) is 11.9 Å². The Morgan fingerprint density at radius 3 is 2.24 bits per heavy atom. The van der Waals surface area contributed by atoms with Crippen molar-refractivity contribution in [2.24, 2.45) is 11.1 Å². The predicted octanol–water partition coefficient (Wildman–Crippen LogP) is 2.24. The van der Waals surface area contributed by atoms with Crippen LogP contribution in [0.15, 0.2) is 30.3 Å². The smallest absolute Gasteiger partial charge is 0.241 e. The summed E-state index contributed by atoms with van der Waals surface area (Å²) in [5.74, 6) is -0.126. The molecule has 2 unspecified atom stereocenters. The molecule has 17 heavy (non-hydrogen) atoms. The average Bonchev–Trinajstić information content (AvgIpc) is 2.27. The summed E-state index contributed by atoms with van der Waals surface area (Å²) in [5, 5.41) is 2.95. The van der Waals surface area contributed by atoms with E-state index in [-0.39, 0.29) is 17.4 Å². The van der Waals surface area contributed by atoms with Gasteiger partial charge in [-0.2, -0.15) is 0 Å². The van der Waals surface area contributed by atoms with Crippen LogP contribution in [0.2, 0.25) is 0 Å². The summed E-state index contributed by atoms with van der Waals surface area (Å²) >= 11 is 0. The van der Waals surface area contributed by atoms with Crippen LogP contribution in [-0.2, 0) is 4.79 Å². The molecule has 1 aromatic rings. The lowest BCUT2D eigenvalue weighted by molar-refractivity contribution is -0.123. The molecule has 0 radical (unpaired) electrons. The highest BCUT2D eigenvalue weighted by atomic mass is 16.2. The van der Waals surface area contributed by atoms with E-state index in [0.29, 0.717) is 0 Å². The molecule has 0 fully saturated rings. The van der Waals surface area contributed by atoms with Crippen LogP contribution in [0.1, 0.15) is 39.3 Å². The Kier molecular flexibility index (Phi) is 4.29. The Bertz CT molecular complexity index is 368. The van der Waals surface area contributed by atoms with Gasteiger partial charge in [0.25, 0.3) is 0 Å². The van der Waals surface area contributed by atoms with Crippen LogP contribution in [0.4, 0.5) is 0 Å². The second kappa shape index (κ2) is 5.32. The Morgan fingerprint density at radius 1 is 1.24 bits per heavy atom. The second-order valence-electron chi connectivity index (χ2n) is 5.48.